The Hall–Kier alpha value is -2.51. The van der Waals surface area contributed by atoms with E-state index < -0.39 is 35.9 Å². The molecule has 1 saturated heterocycles. The lowest BCUT2D eigenvalue weighted by atomic mass is 9.82. The van der Waals surface area contributed by atoms with E-state index in [-0.39, 0.29) is 0 Å². The summed E-state index contributed by atoms with van der Waals surface area (Å²) in [6, 6.07) is 9.69. The summed E-state index contributed by atoms with van der Waals surface area (Å²) in [7, 11) is 0. The minimum atomic E-state index is -1.27. The lowest BCUT2D eigenvalue weighted by Crippen LogP contribution is -2.45. The van der Waals surface area contributed by atoms with Gasteiger partial charge >= 0.3 is 0 Å². The summed E-state index contributed by atoms with van der Waals surface area (Å²) in [5.41, 5.74) is 1.77. The maximum absolute atomic E-state index is 12.6. The van der Waals surface area contributed by atoms with Gasteiger partial charge in [-0.2, -0.15) is 0 Å². The monoisotopic (exact) mass is 355 g/mol. The molecular formula is C18H15N2O4S-. The maximum atomic E-state index is 12.6. The number of aliphatic carboxylic acids is 1. The molecule has 1 N–H and O–H groups in total. The van der Waals surface area contributed by atoms with E-state index in [1.54, 1.807) is 12.2 Å². The number of aryl methyl sites for hydroxylation is 1. The smallest absolute Gasteiger partial charge is 0.233 e. The van der Waals surface area contributed by atoms with Crippen molar-refractivity contribution >= 4 is 28.3 Å². The summed E-state index contributed by atoms with van der Waals surface area (Å²) in [5.74, 6) is -3.44. The third-order valence-electron chi connectivity index (χ3n) is 4.55. The molecule has 2 bridgehead atoms. The van der Waals surface area contributed by atoms with Gasteiger partial charge in [-0.15, -0.1) is 11.3 Å². The molecule has 25 heavy (non-hydrogen) atoms. The first kappa shape index (κ1) is 16.0. The number of carbonyl (C=O) groups excluding carboxylic acids is 2. The van der Waals surface area contributed by atoms with E-state index in [1.807, 2.05) is 37.3 Å². The van der Waals surface area contributed by atoms with Gasteiger partial charge in [0, 0.05) is 22.3 Å². The average Bonchev–Trinajstić information content (AvgIpc) is 3.29. The van der Waals surface area contributed by atoms with Crippen molar-refractivity contribution < 1.29 is 19.4 Å². The zero-order valence-electron chi connectivity index (χ0n) is 13.3. The van der Waals surface area contributed by atoms with Gasteiger partial charge < -0.3 is 20.0 Å². The van der Waals surface area contributed by atoms with Gasteiger partial charge in [0.05, 0.1) is 23.8 Å². The number of nitrogens with one attached hydrogen (secondary N) is 1. The zero-order valence-corrected chi connectivity index (χ0v) is 14.2. The number of hydrogen-bond donors (Lipinski definition) is 1. The Morgan fingerprint density at radius 1 is 1.16 bits per heavy atom. The van der Waals surface area contributed by atoms with Crippen LogP contribution in [0.1, 0.15) is 4.88 Å². The number of anilines is 1. The molecule has 0 aliphatic carbocycles. The number of rotatable bonds is 4. The van der Waals surface area contributed by atoms with Crippen molar-refractivity contribution in [3.63, 3.8) is 0 Å². The molecule has 1 aromatic carbocycles. The molecule has 128 valence electrons. The second kappa shape index (κ2) is 6.09. The van der Waals surface area contributed by atoms with Gasteiger partial charge in [-0.3, -0.25) is 4.79 Å². The molecule has 0 unspecified atom stereocenters. The van der Waals surface area contributed by atoms with Gasteiger partial charge in [-0.1, -0.05) is 42.5 Å². The summed E-state index contributed by atoms with van der Waals surface area (Å²) in [4.78, 5) is 29.5. The number of carboxylic acids is 1. The molecule has 2 aliphatic heterocycles. The maximum Gasteiger partial charge on any atom is 0.233 e. The summed E-state index contributed by atoms with van der Waals surface area (Å²) in [6.45, 7) is 1.93. The third-order valence-corrected chi connectivity index (χ3v) is 5.43. The number of amides is 1. The Morgan fingerprint density at radius 3 is 2.52 bits per heavy atom. The Kier molecular flexibility index (Phi) is 3.89. The lowest BCUT2D eigenvalue weighted by molar-refractivity contribution is -0.313. The van der Waals surface area contributed by atoms with Crippen LogP contribution in [0.15, 0.2) is 42.5 Å². The standard InChI is InChI=1S/C18H16N2O4S/c1-9-15(10-5-3-2-4-6-10)19-18(25-9)20-16(21)13-11-7-8-12(24-11)14(13)17(22)23/h2-8,11-14H,1H3,(H,22,23)(H,19,20,21)/p-1/t11-,12+,13+,14-/m0/s1. The van der Waals surface area contributed by atoms with E-state index in [4.69, 9.17) is 4.74 Å². The van der Waals surface area contributed by atoms with E-state index >= 15 is 0 Å². The summed E-state index contributed by atoms with van der Waals surface area (Å²) in [6.07, 6.45) is 2.29. The van der Waals surface area contributed by atoms with E-state index in [1.165, 1.54) is 11.3 Å². The topological polar surface area (TPSA) is 91.4 Å². The van der Waals surface area contributed by atoms with Crippen LogP contribution in [0.2, 0.25) is 0 Å². The van der Waals surface area contributed by atoms with Gasteiger partial charge in [0.25, 0.3) is 0 Å². The normalized spacial score (nSPS) is 26.8. The van der Waals surface area contributed by atoms with Crippen LogP contribution >= 0.6 is 11.3 Å². The van der Waals surface area contributed by atoms with Crippen LogP contribution in [0.4, 0.5) is 5.13 Å². The zero-order chi connectivity index (χ0) is 17.6. The number of thiazole rings is 1. The Bertz CT molecular complexity index is 861. The average molecular weight is 355 g/mol. The van der Waals surface area contributed by atoms with Gasteiger partial charge in [0.2, 0.25) is 5.91 Å². The molecule has 4 atom stereocenters. The van der Waals surface area contributed by atoms with Gasteiger partial charge in [-0.05, 0) is 6.92 Å². The summed E-state index contributed by atoms with van der Waals surface area (Å²) < 4.78 is 5.51. The van der Waals surface area contributed by atoms with Crippen molar-refractivity contribution in [3.05, 3.63) is 47.4 Å². The highest BCUT2D eigenvalue weighted by molar-refractivity contribution is 7.16. The number of ether oxygens (including phenoxy) is 1. The molecule has 6 nitrogen and oxygen atoms in total. The first-order chi connectivity index (χ1) is 12.0. The number of nitrogens with zero attached hydrogens (tertiary/aromatic N) is 1. The number of carboxylic acid groups (broad SMARTS) is 1. The van der Waals surface area contributed by atoms with Crippen molar-refractivity contribution in [2.45, 2.75) is 19.1 Å². The van der Waals surface area contributed by atoms with Crippen LogP contribution in [-0.4, -0.2) is 29.1 Å². The Balaban J connectivity index is 1.56. The first-order valence-corrected chi connectivity index (χ1v) is 8.74. The number of aromatic nitrogens is 1. The minimum absolute atomic E-state index is 0.403. The van der Waals surface area contributed by atoms with Crippen molar-refractivity contribution in [2.24, 2.45) is 11.8 Å². The quantitative estimate of drug-likeness (QED) is 0.837. The highest BCUT2D eigenvalue weighted by Crippen LogP contribution is 2.40. The molecule has 2 aliphatic rings. The summed E-state index contributed by atoms with van der Waals surface area (Å²) in [5, 5.41) is 14.6. The van der Waals surface area contributed by atoms with Crippen molar-refractivity contribution in [2.75, 3.05) is 5.32 Å². The van der Waals surface area contributed by atoms with Crippen LogP contribution in [0.3, 0.4) is 0 Å². The fourth-order valence-electron chi connectivity index (χ4n) is 3.40. The number of fused-ring (bicyclic) bond motifs is 2. The molecule has 0 radical (unpaired) electrons. The molecule has 2 aromatic rings. The van der Waals surface area contributed by atoms with Crippen molar-refractivity contribution in [3.8, 4) is 11.3 Å². The highest BCUT2D eigenvalue weighted by atomic mass is 32.1. The largest absolute Gasteiger partial charge is 0.550 e. The molecule has 1 aromatic heterocycles. The Morgan fingerprint density at radius 2 is 1.84 bits per heavy atom. The van der Waals surface area contributed by atoms with Gasteiger partial charge in [0.1, 0.15) is 0 Å². The number of benzene rings is 1. The first-order valence-electron chi connectivity index (χ1n) is 7.93. The van der Waals surface area contributed by atoms with Crippen LogP contribution in [0, 0.1) is 18.8 Å². The summed E-state index contributed by atoms with van der Waals surface area (Å²) >= 11 is 1.36. The number of carbonyl (C=O) groups is 2. The van der Waals surface area contributed by atoms with Crippen molar-refractivity contribution in [1.82, 2.24) is 4.98 Å². The fourth-order valence-corrected chi connectivity index (χ4v) is 4.24. The predicted molar refractivity (Wildman–Crippen MR) is 90.7 cm³/mol. The van der Waals surface area contributed by atoms with E-state index in [0.29, 0.717) is 5.13 Å². The molecular weight excluding hydrogens is 340 g/mol. The van der Waals surface area contributed by atoms with Gasteiger partial charge in [-0.25, -0.2) is 4.98 Å². The minimum Gasteiger partial charge on any atom is -0.550 e. The fraction of sp³-hybridized carbons (Fsp3) is 0.278. The second-order valence-corrected chi connectivity index (χ2v) is 7.30. The van der Waals surface area contributed by atoms with E-state index in [0.717, 1.165) is 16.1 Å². The molecule has 4 rings (SSSR count). The van der Waals surface area contributed by atoms with Crippen LogP contribution in [0.25, 0.3) is 11.3 Å². The molecule has 3 heterocycles. The number of hydrogen-bond acceptors (Lipinski definition) is 6. The molecule has 7 heteroatoms. The molecule has 1 amide bonds. The van der Waals surface area contributed by atoms with E-state index in [9.17, 15) is 14.7 Å². The van der Waals surface area contributed by atoms with E-state index in [2.05, 4.69) is 10.3 Å². The second-order valence-electron chi connectivity index (χ2n) is 6.10. The van der Waals surface area contributed by atoms with Gasteiger partial charge in [0.15, 0.2) is 5.13 Å². The lowest BCUT2D eigenvalue weighted by Gasteiger charge is -2.24. The van der Waals surface area contributed by atoms with Crippen LogP contribution in [-0.2, 0) is 14.3 Å². The predicted octanol–water partition coefficient (Wildman–Crippen LogP) is 1.38. The molecule has 1 fully saturated rings. The van der Waals surface area contributed by atoms with Crippen LogP contribution < -0.4 is 10.4 Å². The molecule has 0 saturated carbocycles. The van der Waals surface area contributed by atoms with Crippen LogP contribution in [0.5, 0.6) is 0 Å². The SMILES string of the molecule is Cc1sc(NC(=O)[C@H]2[C@@H](C(=O)[O-])[C@H]3C=C[C@@H]2O3)nc1-c1ccccc1. The Labute approximate surface area is 148 Å². The third kappa shape index (κ3) is 2.75. The highest BCUT2D eigenvalue weighted by Gasteiger charge is 2.50. The van der Waals surface area contributed by atoms with Crippen molar-refractivity contribution in [1.29, 1.82) is 0 Å². The molecule has 0 spiro atoms.